The first-order valence-corrected chi connectivity index (χ1v) is 5.02. The molecule has 0 aliphatic rings. The fourth-order valence-electron chi connectivity index (χ4n) is 1.22. The molecule has 0 amide bonds. The molecule has 2 aromatic rings. The van der Waals surface area contributed by atoms with Crippen LogP contribution in [-0.4, -0.2) is 15.0 Å². The van der Waals surface area contributed by atoms with Gasteiger partial charge in [-0.05, 0) is 25.1 Å². The van der Waals surface area contributed by atoms with Crippen LogP contribution in [0.15, 0.2) is 22.7 Å². The second-order valence-electron chi connectivity index (χ2n) is 3.07. The van der Waals surface area contributed by atoms with Gasteiger partial charge in [0.1, 0.15) is 11.5 Å². The molecule has 0 bridgehead atoms. The molecular weight excluding hydrogens is 263 g/mol. The summed E-state index contributed by atoms with van der Waals surface area (Å²) < 4.78 is 15.6. The van der Waals surface area contributed by atoms with Gasteiger partial charge in [-0.15, -0.1) is 5.10 Å². The normalized spacial score (nSPS) is 10.6. The molecular formula is C9H8BrFN4. The van der Waals surface area contributed by atoms with E-state index in [0.29, 0.717) is 17.2 Å². The molecule has 0 saturated carbocycles. The monoisotopic (exact) mass is 270 g/mol. The number of rotatable bonds is 1. The van der Waals surface area contributed by atoms with Crippen molar-refractivity contribution in [3.05, 3.63) is 34.2 Å². The van der Waals surface area contributed by atoms with Crippen molar-refractivity contribution in [3.63, 3.8) is 0 Å². The summed E-state index contributed by atoms with van der Waals surface area (Å²) in [6, 6.07) is 4.60. The number of nitrogen functional groups attached to an aromatic ring is 1. The van der Waals surface area contributed by atoms with Gasteiger partial charge in [0, 0.05) is 4.47 Å². The lowest BCUT2D eigenvalue weighted by molar-refractivity contribution is 0.604. The van der Waals surface area contributed by atoms with Gasteiger partial charge in [-0.25, -0.2) is 9.07 Å². The molecule has 4 nitrogen and oxygen atoms in total. The number of halogens is 2. The second kappa shape index (κ2) is 3.62. The van der Waals surface area contributed by atoms with Crippen LogP contribution in [0.2, 0.25) is 0 Å². The van der Waals surface area contributed by atoms with Crippen molar-refractivity contribution in [3.8, 4) is 5.69 Å². The van der Waals surface area contributed by atoms with Crippen LogP contribution < -0.4 is 5.73 Å². The first-order valence-electron chi connectivity index (χ1n) is 4.23. The Morgan fingerprint density at radius 2 is 2.20 bits per heavy atom. The molecule has 1 aromatic heterocycles. The SMILES string of the molecule is Cc1c(N)nnn1-c1cc(Br)ccc1F. The molecule has 0 unspecified atom stereocenters. The summed E-state index contributed by atoms with van der Waals surface area (Å²) in [7, 11) is 0. The van der Waals surface area contributed by atoms with Crippen molar-refractivity contribution >= 4 is 21.7 Å². The number of benzene rings is 1. The Morgan fingerprint density at radius 3 is 2.80 bits per heavy atom. The van der Waals surface area contributed by atoms with E-state index in [4.69, 9.17) is 5.73 Å². The molecule has 1 heterocycles. The summed E-state index contributed by atoms with van der Waals surface area (Å²) in [5, 5.41) is 7.44. The second-order valence-corrected chi connectivity index (χ2v) is 3.98. The Hall–Kier alpha value is -1.43. The Balaban J connectivity index is 2.63. The van der Waals surface area contributed by atoms with Gasteiger partial charge in [0.15, 0.2) is 5.82 Å². The third-order valence-electron chi connectivity index (χ3n) is 2.07. The largest absolute Gasteiger partial charge is 0.381 e. The summed E-state index contributed by atoms with van der Waals surface area (Å²) in [6.45, 7) is 1.73. The van der Waals surface area contributed by atoms with E-state index in [1.165, 1.54) is 10.7 Å². The summed E-state index contributed by atoms with van der Waals surface area (Å²) >= 11 is 3.27. The summed E-state index contributed by atoms with van der Waals surface area (Å²) in [4.78, 5) is 0. The van der Waals surface area contributed by atoms with Crippen LogP contribution in [0.25, 0.3) is 5.69 Å². The standard InChI is InChI=1S/C9H8BrFN4/c1-5-9(12)13-14-15(5)8-4-6(10)2-3-7(8)11/h2-4H,12H2,1H3. The highest BCUT2D eigenvalue weighted by Gasteiger charge is 2.11. The molecule has 0 atom stereocenters. The average Bonchev–Trinajstić information content (AvgIpc) is 2.52. The maximum absolute atomic E-state index is 13.5. The molecule has 0 saturated heterocycles. The zero-order valence-corrected chi connectivity index (χ0v) is 9.49. The van der Waals surface area contributed by atoms with Crippen molar-refractivity contribution in [1.29, 1.82) is 0 Å². The van der Waals surface area contributed by atoms with Gasteiger partial charge in [0.2, 0.25) is 0 Å². The lowest BCUT2D eigenvalue weighted by atomic mass is 10.3. The van der Waals surface area contributed by atoms with Crippen LogP contribution in [0, 0.1) is 12.7 Å². The van der Waals surface area contributed by atoms with Crippen LogP contribution in [0.5, 0.6) is 0 Å². The van der Waals surface area contributed by atoms with Crippen LogP contribution in [0.1, 0.15) is 5.69 Å². The zero-order valence-electron chi connectivity index (χ0n) is 7.91. The Kier molecular flexibility index (Phi) is 2.44. The van der Waals surface area contributed by atoms with E-state index in [1.54, 1.807) is 19.1 Å². The van der Waals surface area contributed by atoms with E-state index in [9.17, 15) is 4.39 Å². The minimum absolute atomic E-state index is 0.300. The highest BCUT2D eigenvalue weighted by Crippen LogP contribution is 2.20. The van der Waals surface area contributed by atoms with E-state index in [2.05, 4.69) is 26.2 Å². The number of nitrogens with two attached hydrogens (primary N) is 1. The van der Waals surface area contributed by atoms with E-state index in [0.717, 1.165) is 4.47 Å². The highest BCUT2D eigenvalue weighted by molar-refractivity contribution is 9.10. The smallest absolute Gasteiger partial charge is 0.169 e. The molecule has 0 aliphatic carbocycles. The van der Waals surface area contributed by atoms with Gasteiger partial charge >= 0.3 is 0 Å². The van der Waals surface area contributed by atoms with Gasteiger partial charge < -0.3 is 5.73 Å². The first-order chi connectivity index (χ1) is 7.09. The van der Waals surface area contributed by atoms with E-state index in [1.807, 2.05) is 0 Å². The van der Waals surface area contributed by atoms with Gasteiger partial charge in [-0.2, -0.15) is 0 Å². The molecule has 2 N–H and O–H groups in total. The van der Waals surface area contributed by atoms with Gasteiger partial charge in [0.25, 0.3) is 0 Å². The van der Waals surface area contributed by atoms with Crippen molar-refractivity contribution in [2.24, 2.45) is 0 Å². The third kappa shape index (κ3) is 1.72. The topological polar surface area (TPSA) is 56.7 Å². The maximum Gasteiger partial charge on any atom is 0.169 e. The predicted octanol–water partition coefficient (Wildman–Crippen LogP) is 2.06. The van der Waals surface area contributed by atoms with Gasteiger partial charge in [-0.1, -0.05) is 21.1 Å². The van der Waals surface area contributed by atoms with Gasteiger partial charge in [-0.3, -0.25) is 0 Å². The molecule has 0 spiro atoms. The zero-order chi connectivity index (χ0) is 11.0. The van der Waals surface area contributed by atoms with Crippen LogP contribution in [-0.2, 0) is 0 Å². The van der Waals surface area contributed by atoms with Crippen LogP contribution in [0.3, 0.4) is 0 Å². The lowest BCUT2D eigenvalue weighted by Gasteiger charge is -2.04. The Labute approximate surface area is 94.0 Å². The maximum atomic E-state index is 13.5. The fourth-order valence-corrected chi connectivity index (χ4v) is 1.57. The quantitative estimate of drug-likeness (QED) is 0.863. The fraction of sp³-hybridized carbons (Fsp3) is 0.111. The summed E-state index contributed by atoms with van der Waals surface area (Å²) in [5.74, 6) is -0.0689. The molecule has 78 valence electrons. The minimum atomic E-state index is -0.369. The van der Waals surface area contributed by atoms with E-state index in [-0.39, 0.29) is 5.82 Å². The average molecular weight is 271 g/mol. The van der Waals surface area contributed by atoms with Crippen molar-refractivity contribution in [2.75, 3.05) is 5.73 Å². The summed E-state index contributed by atoms with van der Waals surface area (Å²) in [5.41, 5.74) is 6.48. The van der Waals surface area contributed by atoms with Crippen molar-refractivity contribution in [2.45, 2.75) is 6.92 Å². The highest BCUT2D eigenvalue weighted by atomic mass is 79.9. The van der Waals surface area contributed by atoms with Gasteiger partial charge in [0.05, 0.1) is 5.69 Å². The summed E-state index contributed by atoms with van der Waals surface area (Å²) in [6.07, 6.45) is 0. The molecule has 0 radical (unpaired) electrons. The number of hydrogen-bond donors (Lipinski definition) is 1. The number of hydrogen-bond acceptors (Lipinski definition) is 3. The molecule has 15 heavy (non-hydrogen) atoms. The Morgan fingerprint density at radius 1 is 1.47 bits per heavy atom. The predicted molar refractivity (Wildman–Crippen MR) is 58.2 cm³/mol. The lowest BCUT2D eigenvalue weighted by Crippen LogP contribution is -2.02. The molecule has 1 aromatic carbocycles. The van der Waals surface area contributed by atoms with E-state index < -0.39 is 0 Å². The van der Waals surface area contributed by atoms with Crippen molar-refractivity contribution < 1.29 is 4.39 Å². The minimum Gasteiger partial charge on any atom is -0.381 e. The third-order valence-corrected chi connectivity index (χ3v) is 2.56. The molecule has 6 heteroatoms. The van der Waals surface area contributed by atoms with E-state index >= 15 is 0 Å². The number of aromatic nitrogens is 3. The molecule has 2 rings (SSSR count). The number of anilines is 1. The van der Waals surface area contributed by atoms with Crippen LogP contribution in [0.4, 0.5) is 10.2 Å². The molecule has 0 aliphatic heterocycles. The Bertz CT molecular complexity index is 509. The number of nitrogens with zero attached hydrogens (tertiary/aromatic N) is 3. The first kappa shape index (κ1) is 10.1. The van der Waals surface area contributed by atoms with Crippen molar-refractivity contribution in [1.82, 2.24) is 15.0 Å². The molecule has 0 fully saturated rings. The van der Waals surface area contributed by atoms with Crippen LogP contribution >= 0.6 is 15.9 Å².